The molecule has 3 N–H and O–H groups in total. The Morgan fingerprint density at radius 2 is 0.595 bits per heavy atom. The van der Waals surface area contributed by atoms with Crippen LogP contribution in [0.15, 0.2) is 12.2 Å². The average molecular weight is 1110 g/mol. The van der Waals surface area contributed by atoms with Crippen LogP contribution in [0.25, 0.3) is 0 Å². The van der Waals surface area contributed by atoms with Gasteiger partial charge in [-0.15, -0.1) is 0 Å². The smallest absolute Gasteiger partial charge is 0.305 e. The van der Waals surface area contributed by atoms with Crippen molar-refractivity contribution in [2.75, 3.05) is 13.2 Å². The summed E-state index contributed by atoms with van der Waals surface area (Å²) in [6.45, 7) is 5.00. The molecular formula is C73H143NO5. The van der Waals surface area contributed by atoms with Crippen LogP contribution < -0.4 is 5.32 Å². The van der Waals surface area contributed by atoms with Crippen molar-refractivity contribution in [1.82, 2.24) is 5.32 Å². The second kappa shape index (κ2) is 69.1. The van der Waals surface area contributed by atoms with Crippen molar-refractivity contribution >= 4 is 11.9 Å². The first-order valence-corrected chi connectivity index (χ1v) is 36.4. The summed E-state index contributed by atoms with van der Waals surface area (Å²) in [5, 5.41) is 23.4. The van der Waals surface area contributed by atoms with Gasteiger partial charge in [0.1, 0.15) is 0 Å². The number of aliphatic hydroxyl groups is 2. The molecule has 1 amide bonds. The highest BCUT2D eigenvalue weighted by molar-refractivity contribution is 5.76. The Morgan fingerprint density at radius 1 is 0.342 bits per heavy atom. The summed E-state index contributed by atoms with van der Waals surface area (Å²) in [5.74, 6) is -0.0133. The zero-order chi connectivity index (χ0) is 57.1. The minimum Gasteiger partial charge on any atom is -0.466 e. The Labute approximate surface area is 495 Å². The van der Waals surface area contributed by atoms with Crippen molar-refractivity contribution in [3.8, 4) is 0 Å². The van der Waals surface area contributed by atoms with Crippen LogP contribution in [0, 0.1) is 0 Å². The molecule has 0 rings (SSSR count). The van der Waals surface area contributed by atoms with Gasteiger partial charge in [0.05, 0.1) is 25.4 Å². The normalized spacial score (nSPS) is 12.5. The SMILES string of the molecule is CCCCCCCCCCCCCCCCCCCCCCCC(O)C(CO)NC(=O)CCCCCCCCCCCC/C=C\CCCCCCCCCCCCCCOC(=O)CCCCCCCCCCCCCCCCC. The summed E-state index contributed by atoms with van der Waals surface area (Å²) in [6, 6.07) is -0.543. The standard InChI is InChI=1S/C73H143NO5/c1-3-5-7-9-11-13-15-17-19-20-21-28-31-34-38-41-45-49-53-57-61-65-71(76)70(69-75)74-72(77)66-62-58-54-50-46-42-39-35-32-29-26-24-22-23-25-27-30-33-36-40-44-48-52-56-60-64-68-79-73(78)67-63-59-55-51-47-43-37-18-16-14-12-10-8-6-4-2/h22,24,70-71,75-76H,3-21,23,25-69H2,1-2H3,(H,74,77)/b24-22-. The van der Waals surface area contributed by atoms with Crippen LogP contribution in [0.5, 0.6) is 0 Å². The molecule has 0 aliphatic heterocycles. The molecule has 0 radical (unpaired) electrons. The van der Waals surface area contributed by atoms with Crippen molar-refractivity contribution in [2.24, 2.45) is 0 Å². The van der Waals surface area contributed by atoms with E-state index in [1.54, 1.807) is 0 Å². The van der Waals surface area contributed by atoms with Crippen molar-refractivity contribution in [3.05, 3.63) is 12.2 Å². The van der Waals surface area contributed by atoms with Crippen LogP contribution in [0.1, 0.15) is 418 Å². The van der Waals surface area contributed by atoms with E-state index >= 15 is 0 Å². The lowest BCUT2D eigenvalue weighted by molar-refractivity contribution is -0.143. The van der Waals surface area contributed by atoms with Gasteiger partial charge in [-0.3, -0.25) is 9.59 Å². The minimum atomic E-state index is -0.666. The van der Waals surface area contributed by atoms with Gasteiger partial charge >= 0.3 is 5.97 Å². The van der Waals surface area contributed by atoms with Gasteiger partial charge in [-0.1, -0.05) is 366 Å². The van der Waals surface area contributed by atoms with E-state index in [-0.39, 0.29) is 18.5 Å². The number of aliphatic hydroxyl groups excluding tert-OH is 2. The predicted molar refractivity (Wildman–Crippen MR) is 347 cm³/mol. The van der Waals surface area contributed by atoms with Gasteiger partial charge in [-0.2, -0.15) is 0 Å². The van der Waals surface area contributed by atoms with Crippen LogP contribution >= 0.6 is 0 Å². The van der Waals surface area contributed by atoms with Crippen molar-refractivity contribution in [2.45, 2.75) is 431 Å². The van der Waals surface area contributed by atoms with E-state index < -0.39 is 12.1 Å². The number of unbranched alkanes of at least 4 members (excludes halogenated alkanes) is 56. The number of carbonyl (C=O) groups excluding carboxylic acids is 2. The van der Waals surface area contributed by atoms with Crippen LogP contribution in [0.3, 0.4) is 0 Å². The summed E-state index contributed by atoms with van der Waals surface area (Å²) in [7, 11) is 0. The van der Waals surface area contributed by atoms with E-state index in [1.165, 1.54) is 347 Å². The maximum absolute atomic E-state index is 12.5. The van der Waals surface area contributed by atoms with Crippen LogP contribution in [0.2, 0.25) is 0 Å². The lowest BCUT2D eigenvalue weighted by atomic mass is 10.0. The lowest BCUT2D eigenvalue weighted by Crippen LogP contribution is -2.45. The van der Waals surface area contributed by atoms with Gasteiger partial charge in [0.25, 0.3) is 0 Å². The summed E-state index contributed by atoms with van der Waals surface area (Å²) < 4.78 is 5.50. The van der Waals surface area contributed by atoms with Crippen molar-refractivity contribution < 1.29 is 24.5 Å². The first-order valence-electron chi connectivity index (χ1n) is 36.4. The number of esters is 1. The number of amides is 1. The fraction of sp³-hybridized carbons (Fsp3) is 0.945. The Hall–Kier alpha value is -1.40. The molecule has 0 aromatic heterocycles. The van der Waals surface area contributed by atoms with Gasteiger partial charge in [-0.25, -0.2) is 0 Å². The Balaban J connectivity index is 3.38. The molecule has 79 heavy (non-hydrogen) atoms. The zero-order valence-corrected chi connectivity index (χ0v) is 53.9. The molecule has 470 valence electrons. The molecule has 0 fully saturated rings. The Kier molecular flexibility index (Phi) is 67.9. The van der Waals surface area contributed by atoms with Crippen molar-refractivity contribution in [3.63, 3.8) is 0 Å². The van der Waals surface area contributed by atoms with E-state index in [2.05, 4.69) is 31.3 Å². The highest BCUT2D eigenvalue weighted by atomic mass is 16.5. The fourth-order valence-corrected chi connectivity index (χ4v) is 11.8. The molecule has 0 aliphatic rings. The monoisotopic (exact) mass is 1110 g/mol. The number of rotatable bonds is 69. The van der Waals surface area contributed by atoms with Gasteiger partial charge in [0.15, 0.2) is 0 Å². The minimum absolute atomic E-state index is 0.0184. The molecule has 6 heteroatoms. The largest absolute Gasteiger partial charge is 0.466 e. The van der Waals surface area contributed by atoms with Crippen LogP contribution in [-0.2, 0) is 14.3 Å². The molecule has 0 aliphatic carbocycles. The summed E-state index contributed by atoms with van der Waals surface area (Å²) in [6.07, 6.45) is 85.5. The molecule has 0 spiro atoms. The quantitative estimate of drug-likeness (QED) is 0.0320. The average Bonchev–Trinajstić information content (AvgIpc) is 3.45. The number of hydrogen-bond donors (Lipinski definition) is 3. The highest BCUT2D eigenvalue weighted by Gasteiger charge is 2.20. The molecule has 0 saturated heterocycles. The molecule has 0 aromatic carbocycles. The first kappa shape index (κ1) is 77.6. The summed E-state index contributed by atoms with van der Waals surface area (Å²) >= 11 is 0. The maximum atomic E-state index is 12.5. The molecule has 0 bridgehead atoms. The molecule has 0 saturated carbocycles. The molecule has 0 aromatic rings. The highest BCUT2D eigenvalue weighted by Crippen LogP contribution is 2.19. The van der Waals surface area contributed by atoms with E-state index in [0.29, 0.717) is 25.9 Å². The predicted octanol–water partition coefficient (Wildman–Crippen LogP) is 23.5. The van der Waals surface area contributed by atoms with Crippen LogP contribution in [0.4, 0.5) is 0 Å². The fourth-order valence-electron chi connectivity index (χ4n) is 11.8. The van der Waals surface area contributed by atoms with Gasteiger partial charge in [0, 0.05) is 12.8 Å². The third-order valence-corrected chi connectivity index (χ3v) is 17.3. The van der Waals surface area contributed by atoms with E-state index in [1.807, 2.05) is 0 Å². The molecule has 0 heterocycles. The number of hydrogen-bond acceptors (Lipinski definition) is 5. The Bertz CT molecular complexity index is 1190. The lowest BCUT2D eigenvalue weighted by Gasteiger charge is -2.22. The second-order valence-corrected chi connectivity index (χ2v) is 25.3. The number of ether oxygens (including phenoxy) is 1. The summed E-state index contributed by atoms with van der Waals surface area (Å²) in [5.41, 5.74) is 0. The van der Waals surface area contributed by atoms with Gasteiger partial charge < -0.3 is 20.3 Å². The third kappa shape index (κ3) is 65.6. The van der Waals surface area contributed by atoms with E-state index in [9.17, 15) is 19.8 Å². The summed E-state index contributed by atoms with van der Waals surface area (Å²) in [4.78, 5) is 24.6. The van der Waals surface area contributed by atoms with E-state index in [4.69, 9.17) is 4.74 Å². The molecular weight excluding hydrogens is 971 g/mol. The Morgan fingerprint density at radius 3 is 0.899 bits per heavy atom. The van der Waals surface area contributed by atoms with Crippen LogP contribution in [-0.4, -0.2) is 47.4 Å². The topological polar surface area (TPSA) is 95.9 Å². The van der Waals surface area contributed by atoms with Crippen molar-refractivity contribution in [1.29, 1.82) is 0 Å². The number of carbonyl (C=O) groups is 2. The van der Waals surface area contributed by atoms with E-state index in [0.717, 1.165) is 38.5 Å². The molecule has 2 unspecified atom stereocenters. The third-order valence-electron chi connectivity index (χ3n) is 17.3. The maximum Gasteiger partial charge on any atom is 0.305 e. The molecule has 6 nitrogen and oxygen atoms in total. The van der Waals surface area contributed by atoms with Gasteiger partial charge in [0.2, 0.25) is 5.91 Å². The molecule has 2 atom stereocenters. The first-order chi connectivity index (χ1) is 39.0. The number of allylic oxidation sites excluding steroid dienone is 2. The second-order valence-electron chi connectivity index (χ2n) is 25.3. The zero-order valence-electron chi connectivity index (χ0n) is 53.9. The number of nitrogens with one attached hydrogen (secondary N) is 1. The van der Waals surface area contributed by atoms with Gasteiger partial charge in [-0.05, 0) is 51.4 Å².